The van der Waals surface area contributed by atoms with E-state index in [1.54, 1.807) is 12.4 Å². The zero-order chi connectivity index (χ0) is 20.4. The molecule has 1 amide bonds. The van der Waals surface area contributed by atoms with Crippen LogP contribution >= 0.6 is 11.3 Å². The van der Waals surface area contributed by atoms with E-state index in [4.69, 9.17) is 4.74 Å². The Bertz CT molecular complexity index is 752. The number of unbranched alkanes of at least 4 members (excludes halogenated alkanes) is 5. The van der Waals surface area contributed by atoms with Gasteiger partial charge in [0.2, 0.25) is 0 Å². The van der Waals surface area contributed by atoms with Crippen LogP contribution in [0.15, 0.2) is 36.2 Å². The van der Waals surface area contributed by atoms with Crippen LogP contribution in [-0.2, 0) is 6.42 Å². The van der Waals surface area contributed by atoms with Crippen LogP contribution in [0.2, 0.25) is 0 Å². The number of aromatic nitrogens is 1. The summed E-state index contributed by atoms with van der Waals surface area (Å²) in [6, 6.07) is 8.33. The summed E-state index contributed by atoms with van der Waals surface area (Å²) in [5, 5.41) is 5.05. The Hall–Kier alpha value is -2.14. The van der Waals surface area contributed by atoms with Gasteiger partial charge in [0.05, 0.1) is 0 Å². The Balaban J connectivity index is 1.81. The molecule has 2 aromatic rings. The molecule has 0 bridgehead atoms. The Morgan fingerprint density at radius 2 is 1.86 bits per heavy atom. The highest BCUT2D eigenvalue weighted by Gasteiger charge is 2.16. The summed E-state index contributed by atoms with van der Waals surface area (Å²) in [6.45, 7) is 8.30. The van der Waals surface area contributed by atoms with Crippen LogP contribution in [-0.4, -0.2) is 24.0 Å². The summed E-state index contributed by atoms with van der Waals surface area (Å²) in [4.78, 5) is 16.0. The van der Waals surface area contributed by atoms with Crippen molar-refractivity contribution >= 4 is 22.8 Å². The van der Waals surface area contributed by atoms with Gasteiger partial charge >= 0.3 is 0 Å². The molecular weight excluding hydrogens is 368 g/mol. The molecule has 0 aliphatic rings. The largest absolute Gasteiger partial charge is 0.486 e. The Kier molecular flexibility index (Phi) is 9.21. The van der Waals surface area contributed by atoms with Crippen LogP contribution in [0.1, 0.15) is 73.4 Å². The minimum atomic E-state index is -0.215. The van der Waals surface area contributed by atoms with Crippen molar-refractivity contribution in [2.45, 2.75) is 64.9 Å². The van der Waals surface area contributed by atoms with Crippen molar-refractivity contribution in [1.82, 2.24) is 10.3 Å². The van der Waals surface area contributed by atoms with Gasteiger partial charge in [-0.3, -0.25) is 4.79 Å². The number of hydrogen-bond acceptors (Lipinski definition) is 4. The van der Waals surface area contributed by atoms with Crippen LogP contribution in [0.5, 0.6) is 5.75 Å². The molecule has 1 aromatic carbocycles. The number of amides is 1. The number of benzene rings is 1. The average molecular weight is 401 g/mol. The molecule has 1 unspecified atom stereocenters. The molecule has 152 valence electrons. The number of carbonyl (C=O) groups excluding carboxylic acids is 1. The van der Waals surface area contributed by atoms with Crippen molar-refractivity contribution in [2.24, 2.45) is 0 Å². The molecule has 1 heterocycles. The van der Waals surface area contributed by atoms with Crippen LogP contribution in [0.25, 0.3) is 5.57 Å². The van der Waals surface area contributed by atoms with E-state index < -0.39 is 0 Å². The van der Waals surface area contributed by atoms with E-state index >= 15 is 0 Å². The molecule has 0 radical (unpaired) electrons. The number of aryl methyl sites for hydroxylation is 1. The van der Waals surface area contributed by atoms with Gasteiger partial charge in [-0.2, -0.15) is 0 Å². The first kappa shape index (κ1) is 22.2. The quantitative estimate of drug-likeness (QED) is 0.452. The van der Waals surface area contributed by atoms with Gasteiger partial charge in [-0.15, -0.1) is 11.3 Å². The first-order valence-corrected chi connectivity index (χ1v) is 11.1. The van der Waals surface area contributed by atoms with Crippen LogP contribution < -0.4 is 10.1 Å². The third kappa shape index (κ3) is 6.79. The normalized spacial score (nSPS) is 11.8. The topological polar surface area (TPSA) is 51.2 Å². The smallest absolute Gasteiger partial charge is 0.270 e. The monoisotopic (exact) mass is 400 g/mol. The predicted octanol–water partition coefficient (Wildman–Crippen LogP) is 5.89. The lowest BCUT2D eigenvalue weighted by atomic mass is 10.0. The maximum atomic E-state index is 11.7. The zero-order valence-electron chi connectivity index (χ0n) is 17.3. The van der Waals surface area contributed by atoms with Gasteiger partial charge in [-0.25, -0.2) is 4.98 Å². The van der Waals surface area contributed by atoms with Gasteiger partial charge in [0, 0.05) is 18.0 Å². The van der Waals surface area contributed by atoms with E-state index in [2.05, 4.69) is 35.9 Å². The zero-order valence-corrected chi connectivity index (χ0v) is 18.1. The maximum Gasteiger partial charge on any atom is 0.270 e. The lowest BCUT2D eigenvalue weighted by Gasteiger charge is -2.16. The van der Waals surface area contributed by atoms with Gasteiger partial charge in [0.15, 0.2) is 0 Å². The highest BCUT2D eigenvalue weighted by molar-refractivity contribution is 7.11. The first-order chi connectivity index (χ1) is 13.5. The van der Waals surface area contributed by atoms with Crippen LogP contribution in [0.4, 0.5) is 0 Å². The highest BCUT2D eigenvalue weighted by atomic mass is 32.1. The fraction of sp³-hybridized carbons (Fsp3) is 0.478. The van der Waals surface area contributed by atoms with Crippen molar-refractivity contribution in [3.05, 3.63) is 52.5 Å². The molecule has 4 nitrogen and oxygen atoms in total. The van der Waals surface area contributed by atoms with E-state index in [0.717, 1.165) is 22.8 Å². The number of thiazole rings is 1. The van der Waals surface area contributed by atoms with Crippen molar-refractivity contribution in [2.75, 3.05) is 7.05 Å². The molecule has 1 aromatic heterocycles. The second kappa shape index (κ2) is 11.6. The number of hydrogen-bond donors (Lipinski definition) is 1. The van der Waals surface area contributed by atoms with Gasteiger partial charge in [-0.1, -0.05) is 57.7 Å². The summed E-state index contributed by atoms with van der Waals surface area (Å²) in [5.74, 6) is 0.633. The predicted molar refractivity (Wildman–Crippen MR) is 118 cm³/mol. The Morgan fingerprint density at radius 1 is 1.18 bits per heavy atom. The van der Waals surface area contributed by atoms with Gasteiger partial charge in [0.25, 0.3) is 5.91 Å². The van der Waals surface area contributed by atoms with Crippen LogP contribution in [0.3, 0.4) is 0 Å². The standard InChI is InChI=1S/C23H32N2O2S/c1-5-6-7-8-9-10-11-19-12-14-20(15-13-19)27-18(3)17(2)23-25-21(16-28-23)22(26)24-4/h12-16,18H,2,5-11H2,1,3-4H3,(H,24,26). The van der Waals surface area contributed by atoms with E-state index in [0.29, 0.717) is 5.69 Å². The lowest BCUT2D eigenvalue weighted by Crippen LogP contribution is -2.18. The minimum absolute atomic E-state index is 0.190. The summed E-state index contributed by atoms with van der Waals surface area (Å²) < 4.78 is 6.02. The van der Waals surface area contributed by atoms with E-state index in [1.165, 1.54) is 55.4 Å². The van der Waals surface area contributed by atoms with Crippen molar-refractivity contribution in [3.8, 4) is 5.75 Å². The van der Waals surface area contributed by atoms with Crippen LogP contribution in [0, 0.1) is 0 Å². The number of carbonyl (C=O) groups is 1. The summed E-state index contributed by atoms with van der Waals surface area (Å²) in [6.07, 6.45) is 8.80. The molecule has 0 fully saturated rings. The third-order valence-corrected chi connectivity index (χ3v) is 5.70. The molecule has 5 heteroatoms. The van der Waals surface area contributed by atoms with E-state index in [-0.39, 0.29) is 12.0 Å². The number of nitrogens with one attached hydrogen (secondary N) is 1. The molecule has 0 spiro atoms. The molecular formula is C23H32N2O2S. The van der Waals surface area contributed by atoms with Gasteiger partial charge in [0.1, 0.15) is 22.6 Å². The second-order valence-electron chi connectivity index (χ2n) is 7.06. The van der Waals surface area contributed by atoms with Gasteiger partial charge in [-0.05, 0) is 37.5 Å². The fourth-order valence-corrected chi connectivity index (χ4v) is 3.80. The third-order valence-electron chi connectivity index (χ3n) is 4.78. The van der Waals surface area contributed by atoms with Gasteiger partial charge < -0.3 is 10.1 Å². The Labute approximate surface area is 173 Å². The summed E-state index contributed by atoms with van der Waals surface area (Å²) in [5.41, 5.74) is 2.54. The van der Waals surface area contributed by atoms with E-state index in [1.807, 2.05) is 19.1 Å². The number of ether oxygens (including phenoxy) is 1. The van der Waals surface area contributed by atoms with E-state index in [9.17, 15) is 4.79 Å². The average Bonchev–Trinajstić information content (AvgIpc) is 3.20. The highest BCUT2D eigenvalue weighted by Crippen LogP contribution is 2.25. The molecule has 0 aliphatic carbocycles. The SMILES string of the molecule is C=C(c1nc(C(=O)NC)cs1)C(C)Oc1ccc(CCCCCCCC)cc1. The molecule has 28 heavy (non-hydrogen) atoms. The molecule has 0 saturated carbocycles. The number of nitrogens with zero attached hydrogens (tertiary/aromatic N) is 1. The molecule has 0 saturated heterocycles. The molecule has 0 aliphatic heterocycles. The second-order valence-corrected chi connectivity index (χ2v) is 7.92. The Morgan fingerprint density at radius 3 is 2.54 bits per heavy atom. The van der Waals surface area contributed by atoms with Crippen molar-refractivity contribution in [1.29, 1.82) is 0 Å². The van der Waals surface area contributed by atoms with Crippen molar-refractivity contribution in [3.63, 3.8) is 0 Å². The summed E-state index contributed by atoms with van der Waals surface area (Å²) in [7, 11) is 1.60. The fourth-order valence-electron chi connectivity index (χ4n) is 2.95. The molecule has 2 rings (SSSR count). The first-order valence-electron chi connectivity index (χ1n) is 10.2. The molecule has 1 atom stereocenters. The maximum absolute atomic E-state index is 11.7. The van der Waals surface area contributed by atoms with Crippen molar-refractivity contribution < 1.29 is 9.53 Å². The molecule has 1 N–H and O–H groups in total. The summed E-state index contributed by atoms with van der Waals surface area (Å²) >= 11 is 1.41. The number of rotatable bonds is 12. The lowest BCUT2D eigenvalue weighted by molar-refractivity contribution is 0.0958. The minimum Gasteiger partial charge on any atom is -0.486 e.